The predicted octanol–water partition coefficient (Wildman–Crippen LogP) is 5.42. The third kappa shape index (κ3) is 24.0. The molecular weight excluding hydrogens is 1560 g/mol. The molecule has 0 spiro atoms. The maximum absolute atomic E-state index is 14.0. The number of benzene rings is 7. The quantitative estimate of drug-likeness (QED) is 0.0129. The molecule has 0 aromatic heterocycles. The van der Waals surface area contributed by atoms with E-state index in [9.17, 15) is 73.8 Å². The number of aliphatic hydroxyl groups is 6. The van der Waals surface area contributed by atoms with Gasteiger partial charge in [0.25, 0.3) is 35.2 Å². The molecule has 630 valence electrons. The summed E-state index contributed by atoms with van der Waals surface area (Å²) >= 11 is 2.84. The van der Waals surface area contributed by atoms with Gasteiger partial charge < -0.3 is 106 Å². The summed E-state index contributed by atoms with van der Waals surface area (Å²) in [5.41, 5.74) is 8.74. The number of carbonyl (C=O) groups is 9. The van der Waals surface area contributed by atoms with Gasteiger partial charge in [0.1, 0.15) is 36.8 Å². The molecule has 2 aliphatic heterocycles. The third-order valence-electron chi connectivity index (χ3n) is 20.1. The van der Waals surface area contributed by atoms with Gasteiger partial charge in [-0.2, -0.15) is 23.5 Å². The van der Waals surface area contributed by atoms with Crippen molar-refractivity contribution in [2.45, 2.75) is 124 Å². The number of fused-ring (bicyclic) bond motifs is 3. The summed E-state index contributed by atoms with van der Waals surface area (Å²) in [4.78, 5) is 119. The van der Waals surface area contributed by atoms with Crippen molar-refractivity contribution < 1.29 is 112 Å². The Hall–Kier alpha value is -10.3. The topological polar surface area (TPSA) is 433 Å². The molecule has 2 fully saturated rings. The highest BCUT2D eigenvalue weighted by Crippen LogP contribution is 2.45. The van der Waals surface area contributed by atoms with Crippen molar-refractivity contribution in [1.29, 1.82) is 0 Å². The Kier molecular flexibility index (Phi) is 33.5. The molecule has 7 aromatic carbocycles. The van der Waals surface area contributed by atoms with Crippen LogP contribution in [0.4, 0.5) is 4.79 Å². The molecule has 0 radical (unpaired) electrons. The van der Waals surface area contributed by atoms with E-state index in [2.05, 4.69) is 37.2 Å². The van der Waals surface area contributed by atoms with Crippen LogP contribution in [0.15, 0.2) is 176 Å². The molecule has 12 atom stereocenters. The number of alkyl carbamates (subject to hydrolysis) is 1. The van der Waals surface area contributed by atoms with E-state index < -0.39 is 152 Å². The molecule has 7 aromatic rings. The fraction of sp³-hybridized carbons (Fsp3) is 0.407. The number of ether oxygens (including phenoxy) is 8. The zero-order valence-electron chi connectivity index (χ0n) is 65.8. The minimum atomic E-state index is -2.31. The number of esters is 2. The van der Waals surface area contributed by atoms with Crippen molar-refractivity contribution in [3.63, 3.8) is 0 Å². The van der Waals surface area contributed by atoms with Gasteiger partial charge in [0.05, 0.1) is 76.1 Å². The number of amides is 7. The Morgan fingerprint density at radius 1 is 0.466 bits per heavy atom. The maximum Gasteiger partial charge on any atom is 0.407 e. The lowest BCUT2D eigenvalue weighted by Gasteiger charge is -2.47. The lowest BCUT2D eigenvalue weighted by molar-refractivity contribution is -0.311. The summed E-state index contributed by atoms with van der Waals surface area (Å²) in [5.74, 6) is -8.56. The molecule has 10 rings (SSSR count). The van der Waals surface area contributed by atoms with Gasteiger partial charge in [0.2, 0.25) is 11.8 Å². The zero-order chi connectivity index (χ0) is 84.3. The summed E-state index contributed by atoms with van der Waals surface area (Å²) in [7, 11) is 2.15. The Morgan fingerprint density at radius 2 is 0.881 bits per heavy atom. The number of aliphatic hydroxyl groups excluding tert-OH is 6. The van der Waals surface area contributed by atoms with Gasteiger partial charge in [0.15, 0.2) is 0 Å². The second kappa shape index (κ2) is 43.9. The summed E-state index contributed by atoms with van der Waals surface area (Å²) < 4.78 is 46.3. The van der Waals surface area contributed by atoms with Crippen LogP contribution in [0.1, 0.15) is 104 Å². The Bertz CT molecular complexity index is 4490. The average molecular weight is 1660 g/mol. The molecule has 8 unspecified atom stereocenters. The van der Waals surface area contributed by atoms with Crippen LogP contribution in [-0.4, -0.2) is 253 Å². The largest absolute Gasteiger partial charge is 0.493 e. The van der Waals surface area contributed by atoms with Crippen LogP contribution in [0.25, 0.3) is 33.4 Å². The van der Waals surface area contributed by atoms with Crippen molar-refractivity contribution in [2.24, 2.45) is 0 Å². The van der Waals surface area contributed by atoms with Gasteiger partial charge >= 0.3 is 18.0 Å². The monoisotopic (exact) mass is 1660 g/mol. The number of hydrogen-bond donors (Lipinski definition) is 13. The zero-order valence-corrected chi connectivity index (χ0v) is 67.4. The van der Waals surface area contributed by atoms with Gasteiger partial charge in [-0.15, -0.1) is 0 Å². The van der Waals surface area contributed by atoms with E-state index in [0.717, 1.165) is 58.7 Å². The van der Waals surface area contributed by atoms with Gasteiger partial charge in [0, 0.05) is 93.5 Å². The van der Waals surface area contributed by atoms with Gasteiger partial charge in [-0.25, -0.2) is 14.4 Å². The molecule has 0 bridgehead atoms. The summed E-state index contributed by atoms with van der Waals surface area (Å²) in [6.07, 6.45) is -14.6. The summed E-state index contributed by atoms with van der Waals surface area (Å²) in [5, 5.41) is 87.3. The van der Waals surface area contributed by atoms with Crippen molar-refractivity contribution >= 4 is 77.0 Å². The van der Waals surface area contributed by atoms with Gasteiger partial charge in [-0.3, -0.25) is 28.8 Å². The number of hydrogen-bond acceptors (Lipinski definition) is 25. The molecule has 118 heavy (non-hydrogen) atoms. The highest BCUT2D eigenvalue weighted by Gasteiger charge is 2.58. The fourth-order valence-electron chi connectivity index (χ4n) is 14.1. The molecule has 30 nitrogen and oxygen atoms in total. The first-order valence-electron chi connectivity index (χ1n) is 38.8. The number of methoxy groups -OCH3 is 2. The molecule has 2 heterocycles. The SMILES string of the molecule is COC(=O)C1(OCCCSCCNC(=O)c2ccc(C(=O)NCCSCCCOC3(C(=O)OC)CC(O)C(NC(C)=O)C([C@H](O)[C@H](O)CNC(=O)c4ccc(-c5ccccc5)cc4)O3)c(OCCCNC(=O)OCC3c4ccccc4-c4ccccc43)c2)CC(O)C(NC(C)=O)C([C@H](O)[C@H](O)CNC(=O)c2ccc(-c3ccccc3)cc2)O1. The first-order valence-corrected chi connectivity index (χ1v) is 41.1. The standard InChI is InChI=1S/C86H101N7O23S2/c1-52(94)92-72-67(96)47-85(82(106)109-3,115-76(72)74(100)69(98)49-90-78(102)58-30-26-56(27-31-58)54-18-7-5-8-19-54)113-40-16-42-117-44-37-87-80(104)60-34-35-65(71(46-60)111-39-15-36-89-84(108)112-51-66-63-24-13-11-22-61(63)62-23-12-14-25-64(62)66)81(105)88-38-45-118-43-17-41-114-86(83(107)110-4)48-68(97)73(93-53(2)95)77(116-86)75(101)70(99)50-91-79(103)59-32-28-57(29-33-59)55-20-9-6-10-21-55/h5-14,18-35,46,66-70,72-77,96-101H,15-17,36-45,47-51H2,1-4H3,(H,87,104)(H,88,105)(H,89,108)(H,90,102)(H,91,103)(H,92,94)(H,93,95)/t67?,68?,69-,70-,72?,73?,74-,75-,76?,77?,85?,86?/m1/s1. The molecule has 3 aliphatic rings. The van der Waals surface area contributed by atoms with Crippen molar-refractivity contribution in [3.8, 4) is 39.1 Å². The van der Waals surface area contributed by atoms with Crippen molar-refractivity contribution in [2.75, 3.05) is 96.4 Å². The Morgan fingerprint density at radius 3 is 1.33 bits per heavy atom. The van der Waals surface area contributed by atoms with Crippen LogP contribution in [0.5, 0.6) is 5.75 Å². The van der Waals surface area contributed by atoms with Gasteiger partial charge in [-0.05, 0) is 118 Å². The maximum atomic E-state index is 14.0. The number of rotatable bonds is 41. The highest BCUT2D eigenvalue weighted by molar-refractivity contribution is 7.99. The minimum Gasteiger partial charge on any atom is -0.493 e. The summed E-state index contributed by atoms with van der Waals surface area (Å²) in [6, 6.07) is 50.2. The predicted molar refractivity (Wildman–Crippen MR) is 438 cm³/mol. The second-order valence-corrected chi connectivity index (χ2v) is 30.8. The number of carbonyl (C=O) groups excluding carboxylic acids is 9. The molecule has 2 saturated heterocycles. The van der Waals surface area contributed by atoms with E-state index >= 15 is 0 Å². The third-order valence-corrected chi connectivity index (χ3v) is 22.2. The van der Waals surface area contributed by atoms with E-state index in [-0.39, 0.29) is 86.4 Å². The van der Waals surface area contributed by atoms with Crippen molar-refractivity contribution in [3.05, 3.63) is 209 Å². The van der Waals surface area contributed by atoms with Crippen LogP contribution in [0.2, 0.25) is 0 Å². The van der Waals surface area contributed by atoms with E-state index in [1.807, 2.05) is 109 Å². The van der Waals surface area contributed by atoms with E-state index in [1.54, 1.807) is 48.5 Å². The average Bonchev–Trinajstić information content (AvgIpc) is 1.29. The lowest BCUT2D eigenvalue weighted by Crippen LogP contribution is -2.68. The fourth-order valence-corrected chi connectivity index (χ4v) is 15.6. The van der Waals surface area contributed by atoms with Crippen LogP contribution < -0.4 is 42.0 Å². The summed E-state index contributed by atoms with van der Waals surface area (Å²) in [6.45, 7) is 1.65. The van der Waals surface area contributed by atoms with E-state index in [0.29, 0.717) is 35.9 Å². The molecule has 7 amide bonds. The Labute approximate surface area is 691 Å². The highest BCUT2D eigenvalue weighted by atomic mass is 32.2. The molecule has 32 heteroatoms. The number of nitrogens with one attached hydrogen (secondary N) is 7. The van der Waals surface area contributed by atoms with E-state index in [4.69, 9.17) is 37.9 Å². The van der Waals surface area contributed by atoms with Gasteiger partial charge in [-0.1, -0.05) is 133 Å². The number of thioether (sulfide) groups is 2. The van der Waals surface area contributed by atoms with Crippen molar-refractivity contribution in [1.82, 2.24) is 37.2 Å². The van der Waals surface area contributed by atoms with Crippen LogP contribution >= 0.6 is 23.5 Å². The molecule has 13 N–H and O–H groups in total. The first kappa shape index (κ1) is 90.0. The Balaban J connectivity index is 0.697. The van der Waals surface area contributed by atoms with Crippen LogP contribution in [0, 0.1) is 0 Å². The minimum absolute atomic E-state index is 0.00384. The normalized spacial score (nSPS) is 20.4. The second-order valence-electron chi connectivity index (χ2n) is 28.4. The van der Waals surface area contributed by atoms with E-state index in [1.165, 1.54) is 55.6 Å². The molecule has 1 aliphatic carbocycles. The van der Waals surface area contributed by atoms with Crippen LogP contribution in [-0.2, 0) is 52.3 Å². The smallest absolute Gasteiger partial charge is 0.407 e. The lowest BCUT2D eigenvalue weighted by atomic mass is 9.88. The van der Waals surface area contributed by atoms with Crippen LogP contribution in [0.3, 0.4) is 0 Å². The molecule has 0 saturated carbocycles. The molecular formula is C86H101N7O23S2. The first-order chi connectivity index (χ1) is 56.9.